The van der Waals surface area contributed by atoms with Gasteiger partial charge in [0, 0.05) is 11.6 Å². The molecule has 34 heavy (non-hydrogen) atoms. The Morgan fingerprint density at radius 3 is 2.47 bits per heavy atom. The predicted molar refractivity (Wildman–Crippen MR) is 131 cm³/mol. The Balaban J connectivity index is 1.90. The highest BCUT2D eigenvalue weighted by Crippen LogP contribution is 2.44. The molecule has 1 amide bonds. The van der Waals surface area contributed by atoms with Gasteiger partial charge >= 0.3 is 0 Å². The molecule has 1 aliphatic carbocycles. The molecule has 2 aliphatic rings. The van der Waals surface area contributed by atoms with Crippen molar-refractivity contribution >= 4 is 17.4 Å². The van der Waals surface area contributed by atoms with Crippen molar-refractivity contribution in [3.8, 4) is 11.5 Å². The zero-order valence-corrected chi connectivity index (χ0v) is 20.4. The van der Waals surface area contributed by atoms with Gasteiger partial charge in [0.2, 0.25) is 0 Å². The number of aryl methyl sites for hydroxylation is 2. The SMILES string of the molecule is CCOc1cccc(C2/C(=C(\O)c3cc(C)c(OC)cc3C)C(=O)C(=O)N2C2CCCCC2)c1. The van der Waals surface area contributed by atoms with E-state index in [1.54, 1.807) is 12.0 Å². The van der Waals surface area contributed by atoms with Crippen LogP contribution in [0.25, 0.3) is 5.76 Å². The number of aliphatic hydroxyl groups excluding tert-OH is 1. The number of carbonyl (C=O) groups is 2. The van der Waals surface area contributed by atoms with Crippen molar-refractivity contribution in [2.45, 2.75) is 65.0 Å². The van der Waals surface area contributed by atoms with E-state index in [1.807, 2.05) is 57.2 Å². The average molecular weight is 464 g/mol. The van der Waals surface area contributed by atoms with Crippen molar-refractivity contribution < 1.29 is 24.2 Å². The Morgan fingerprint density at radius 2 is 1.79 bits per heavy atom. The lowest BCUT2D eigenvalue weighted by atomic mass is 9.90. The third kappa shape index (κ3) is 4.29. The molecular formula is C28H33NO5. The second-order valence-electron chi connectivity index (χ2n) is 9.14. The minimum atomic E-state index is -0.662. The first-order valence-corrected chi connectivity index (χ1v) is 12.1. The molecule has 1 aliphatic heterocycles. The molecule has 1 atom stereocenters. The number of rotatable bonds is 6. The van der Waals surface area contributed by atoms with Gasteiger partial charge < -0.3 is 19.5 Å². The van der Waals surface area contributed by atoms with Gasteiger partial charge in [-0.15, -0.1) is 0 Å². The zero-order valence-electron chi connectivity index (χ0n) is 20.4. The van der Waals surface area contributed by atoms with Gasteiger partial charge in [0.15, 0.2) is 0 Å². The van der Waals surface area contributed by atoms with Gasteiger partial charge in [0.25, 0.3) is 11.7 Å². The lowest BCUT2D eigenvalue weighted by Gasteiger charge is -2.35. The molecule has 180 valence electrons. The molecule has 0 bridgehead atoms. The van der Waals surface area contributed by atoms with E-state index < -0.39 is 17.7 Å². The second-order valence-corrected chi connectivity index (χ2v) is 9.14. The van der Waals surface area contributed by atoms with Crippen LogP contribution in [0.2, 0.25) is 0 Å². The van der Waals surface area contributed by atoms with Crippen LogP contribution in [0.5, 0.6) is 11.5 Å². The van der Waals surface area contributed by atoms with Crippen molar-refractivity contribution in [1.29, 1.82) is 0 Å². The fraction of sp³-hybridized carbons (Fsp3) is 0.429. The number of hydrogen-bond donors (Lipinski definition) is 1. The van der Waals surface area contributed by atoms with Crippen molar-refractivity contribution in [1.82, 2.24) is 4.90 Å². The van der Waals surface area contributed by atoms with Crippen molar-refractivity contribution in [3.05, 3.63) is 64.2 Å². The van der Waals surface area contributed by atoms with Gasteiger partial charge in [-0.05, 0) is 74.6 Å². The van der Waals surface area contributed by atoms with E-state index >= 15 is 0 Å². The van der Waals surface area contributed by atoms with Crippen LogP contribution in [0, 0.1) is 13.8 Å². The largest absolute Gasteiger partial charge is 0.507 e. The van der Waals surface area contributed by atoms with E-state index in [4.69, 9.17) is 9.47 Å². The molecule has 0 radical (unpaired) electrons. The molecule has 0 spiro atoms. The zero-order chi connectivity index (χ0) is 24.4. The van der Waals surface area contributed by atoms with E-state index in [0.717, 1.165) is 48.8 Å². The summed E-state index contributed by atoms with van der Waals surface area (Å²) in [6, 6.07) is 10.4. The number of methoxy groups -OCH3 is 1. The molecule has 2 aromatic carbocycles. The fourth-order valence-electron chi connectivity index (χ4n) is 5.26. The Bertz CT molecular complexity index is 1130. The predicted octanol–water partition coefficient (Wildman–Crippen LogP) is 5.47. The maximum atomic E-state index is 13.4. The van der Waals surface area contributed by atoms with Crippen LogP contribution in [0.1, 0.15) is 67.3 Å². The minimum Gasteiger partial charge on any atom is -0.507 e. The molecular weight excluding hydrogens is 430 g/mol. The first-order valence-electron chi connectivity index (χ1n) is 12.1. The van der Waals surface area contributed by atoms with Crippen molar-refractivity contribution in [3.63, 3.8) is 0 Å². The molecule has 1 N–H and O–H groups in total. The summed E-state index contributed by atoms with van der Waals surface area (Å²) >= 11 is 0. The summed E-state index contributed by atoms with van der Waals surface area (Å²) in [5.41, 5.74) is 3.04. The summed E-state index contributed by atoms with van der Waals surface area (Å²) in [6.07, 6.45) is 4.90. The number of Topliss-reactive ketones (excluding diaryl/α,β-unsaturated/α-hetero) is 1. The molecule has 2 fully saturated rings. The Labute approximate surface area is 201 Å². The first-order chi connectivity index (χ1) is 16.4. The fourth-order valence-corrected chi connectivity index (χ4v) is 5.26. The van der Waals surface area contributed by atoms with Crippen molar-refractivity contribution in [2.24, 2.45) is 0 Å². The molecule has 1 saturated heterocycles. The monoisotopic (exact) mass is 463 g/mol. The second kappa shape index (κ2) is 9.92. The number of hydrogen-bond acceptors (Lipinski definition) is 5. The minimum absolute atomic E-state index is 0.0325. The van der Waals surface area contributed by atoms with Gasteiger partial charge in [0.05, 0.1) is 25.3 Å². The summed E-state index contributed by atoms with van der Waals surface area (Å²) in [4.78, 5) is 28.5. The number of benzene rings is 2. The highest BCUT2D eigenvalue weighted by atomic mass is 16.5. The number of likely N-dealkylation sites (tertiary alicyclic amines) is 1. The third-order valence-corrected chi connectivity index (χ3v) is 6.93. The Hall–Kier alpha value is -3.28. The van der Waals surface area contributed by atoms with Crippen LogP contribution < -0.4 is 9.47 Å². The maximum Gasteiger partial charge on any atom is 0.295 e. The van der Waals surface area contributed by atoms with Gasteiger partial charge in [0.1, 0.15) is 17.3 Å². The number of ketones is 1. The normalized spacial score (nSPS) is 20.6. The molecule has 0 aromatic heterocycles. The number of carbonyl (C=O) groups excluding carboxylic acids is 2. The summed E-state index contributed by atoms with van der Waals surface area (Å²) in [7, 11) is 1.60. The van der Waals surface area contributed by atoms with Crippen LogP contribution in [-0.4, -0.2) is 41.5 Å². The van der Waals surface area contributed by atoms with Gasteiger partial charge in [-0.3, -0.25) is 9.59 Å². The van der Waals surface area contributed by atoms with Crippen LogP contribution >= 0.6 is 0 Å². The van der Waals surface area contributed by atoms with E-state index in [2.05, 4.69) is 0 Å². The standard InChI is InChI=1S/C28H33NO5/c1-5-34-21-13-9-10-19(16-21)25-24(26(30)22-14-18(3)23(33-4)15-17(22)2)27(31)28(32)29(25)20-11-7-6-8-12-20/h9-10,13-16,20,25,30H,5-8,11-12H2,1-4H3/b26-24+. The lowest BCUT2D eigenvalue weighted by molar-refractivity contribution is -0.141. The summed E-state index contributed by atoms with van der Waals surface area (Å²) in [5.74, 6) is 0.0565. The van der Waals surface area contributed by atoms with Gasteiger partial charge in [-0.1, -0.05) is 31.4 Å². The lowest BCUT2D eigenvalue weighted by Crippen LogP contribution is -2.40. The number of amides is 1. The average Bonchev–Trinajstić information content (AvgIpc) is 3.11. The van der Waals surface area contributed by atoms with E-state index in [1.165, 1.54) is 0 Å². The quantitative estimate of drug-likeness (QED) is 0.349. The van der Waals surface area contributed by atoms with Crippen molar-refractivity contribution in [2.75, 3.05) is 13.7 Å². The molecule has 1 heterocycles. The van der Waals surface area contributed by atoms with E-state index in [0.29, 0.717) is 23.7 Å². The smallest absolute Gasteiger partial charge is 0.295 e. The summed E-state index contributed by atoms with van der Waals surface area (Å²) < 4.78 is 11.1. The number of nitrogens with zero attached hydrogens (tertiary/aromatic N) is 1. The molecule has 2 aromatic rings. The van der Waals surface area contributed by atoms with Crippen LogP contribution in [-0.2, 0) is 9.59 Å². The maximum absolute atomic E-state index is 13.4. The number of ether oxygens (including phenoxy) is 2. The highest BCUT2D eigenvalue weighted by Gasteiger charge is 2.49. The first kappa shape index (κ1) is 23.9. The van der Waals surface area contributed by atoms with Crippen LogP contribution in [0.3, 0.4) is 0 Å². The molecule has 1 unspecified atom stereocenters. The van der Waals surface area contributed by atoms with E-state index in [-0.39, 0.29) is 17.4 Å². The summed E-state index contributed by atoms with van der Waals surface area (Å²) in [6.45, 7) is 6.17. The molecule has 4 rings (SSSR count). The Morgan fingerprint density at radius 1 is 1.06 bits per heavy atom. The van der Waals surface area contributed by atoms with Gasteiger partial charge in [-0.25, -0.2) is 0 Å². The third-order valence-electron chi connectivity index (χ3n) is 6.93. The van der Waals surface area contributed by atoms with Crippen LogP contribution in [0.15, 0.2) is 42.0 Å². The molecule has 6 nitrogen and oxygen atoms in total. The molecule has 1 saturated carbocycles. The van der Waals surface area contributed by atoms with Crippen LogP contribution in [0.4, 0.5) is 0 Å². The molecule has 6 heteroatoms. The van der Waals surface area contributed by atoms with E-state index in [9.17, 15) is 14.7 Å². The topological polar surface area (TPSA) is 76.1 Å². The number of aliphatic hydroxyl groups is 1. The Kier molecular flexibility index (Phi) is 6.96. The summed E-state index contributed by atoms with van der Waals surface area (Å²) in [5, 5.41) is 11.5. The van der Waals surface area contributed by atoms with Gasteiger partial charge in [-0.2, -0.15) is 0 Å². The highest BCUT2D eigenvalue weighted by molar-refractivity contribution is 6.46.